The Morgan fingerprint density at radius 2 is 1.85 bits per heavy atom. The van der Waals surface area contributed by atoms with E-state index >= 15 is 0 Å². The predicted octanol–water partition coefficient (Wildman–Crippen LogP) is -3.27. The van der Waals surface area contributed by atoms with Crippen molar-refractivity contribution in [2.45, 2.75) is 13.8 Å². The molecule has 0 radical (unpaired) electrons. The van der Waals surface area contributed by atoms with E-state index in [9.17, 15) is 17.8 Å². The summed E-state index contributed by atoms with van der Waals surface area (Å²) in [6.45, 7) is 2.68. The molecule has 0 bridgehead atoms. The summed E-state index contributed by atoms with van der Waals surface area (Å²) >= 11 is 0. The molecule has 0 amide bonds. The molecule has 0 saturated heterocycles. The molecule has 5 nitrogen and oxygen atoms in total. The smallest absolute Gasteiger partial charge is 0.748 e. The van der Waals surface area contributed by atoms with Crippen molar-refractivity contribution in [1.82, 2.24) is 0 Å². The number of carbonyl (C=O) groups excluding carboxylic acids is 1. The van der Waals surface area contributed by atoms with Crippen molar-refractivity contribution in [3.63, 3.8) is 0 Å². The van der Waals surface area contributed by atoms with Crippen molar-refractivity contribution in [3.05, 3.63) is 0 Å². The van der Waals surface area contributed by atoms with Crippen LogP contribution in [0, 0.1) is 5.41 Å². The van der Waals surface area contributed by atoms with Gasteiger partial charge >= 0.3 is 57.4 Å². The third kappa shape index (κ3) is 7.01. The van der Waals surface area contributed by atoms with Gasteiger partial charge in [-0.2, -0.15) is 0 Å². The standard InChI is InChI=1S/C6H12O5S.K/c1-6(2,5(7)11-3)4-12(8,9)10;/h4H2,1-3H3,(H,8,9,10);/q;+1/p-1. The van der Waals surface area contributed by atoms with Gasteiger partial charge in [-0.1, -0.05) is 0 Å². The van der Waals surface area contributed by atoms with Crippen molar-refractivity contribution < 1.29 is 73.9 Å². The molecule has 72 valence electrons. The predicted molar refractivity (Wildman–Crippen MR) is 40.4 cm³/mol. The van der Waals surface area contributed by atoms with Gasteiger partial charge in [0.2, 0.25) is 0 Å². The van der Waals surface area contributed by atoms with Crippen LogP contribution in [0.5, 0.6) is 0 Å². The monoisotopic (exact) mass is 234 g/mol. The fourth-order valence-electron chi connectivity index (χ4n) is 0.777. The van der Waals surface area contributed by atoms with Crippen molar-refractivity contribution in [2.24, 2.45) is 5.41 Å². The van der Waals surface area contributed by atoms with Gasteiger partial charge in [-0.3, -0.25) is 4.79 Å². The van der Waals surface area contributed by atoms with Gasteiger partial charge in [0.1, 0.15) is 0 Å². The Morgan fingerprint density at radius 1 is 1.46 bits per heavy atom. The molecule has 0 aliphatic rings. The molecule has 0 atom stereocenters. The molecule has 0 aromatic rings. The molecule has 0 fully saturated rings. The zero-order chi connectivity index (χ0) is 9.99. The second kappa shape index (κ2) is 5.79. The summed E-state index contributed by atoms with van der Waals surface area (Å²) in [7, 11) is -3.25. The van der Waals surface area contributed by atoms with E-state index in [1.165, 1.54) is 13.8 Å². The van der Waals surface area contributed by atoms with Gasteiger partial charge in [0.25, 0.3) is 0 Å². The molecule has 0 aromatic carbocycles. The van der Waals surface area contributed by atoms with Gasteiger partial charge in [-0.25, -0.2) is 8.42 Å². The van der Waals surface area contributed by atoms with Crippen LogP contribution in [0.3, 0.4) is 0 Å². The molecule has 0 spiro atoms. The van der Waals surface area contributed by atoms with Crippen LogP contribution in [0.2, 0.25) is 0 Å². The van der Waals surface area contributed by atoms with Gasteiger partial charge in [0.05, 0.1) is 28.4 Å². The van der Waals surface area contributed by atoms with Gasteiger partial charge in [0.15, 0.2) is 0 Å². The van der Waals surface area contributed by atoms with Gasteiger partial charge in [-0.15, -0.1) is 0 Å². The van der Waals surface area contributed by atoms with Gasteiger partial charge in [0, 0.05) is 0 Å². The topological polar surface area (TPSA) is 83.5 Å². The number of rotatable bonds is 3. The van der Waals surface area contributed by atoms with Crippen LogP contribution < -0.4 is 51.4 Å². The SMILES string of the molecule is COC(=O)C(C)(C)CS(=O)(=O)[O-].[K+]. The van der Waals surface area contributed by atoms with Crippen LogP contribution >= 0.6 is 0 Å². The molecular weight excluding hydrogens is 223 g/mol. The van der Waals surface area contributed by atoms with E-state index in [1.54, 1.807) is 0 Å². The average molecular weight is 234 g/mol. The maximum atomic E-state index is 10.9. The summed E-state index contributed by atoms with van der Waals surface area (Å²) in [6.07, 6.45) is 0. The maximum absolute atomic E-state index is 10.9. The second-order valence-corrected chi connectivity index (χ2v) is 4.48. The zero-order valence-corrected chi connectivity index (χ0v) is 12.1. The molecule has 0 aliphatic heterocycles. The molecule has 0 aliphatic carbocycles. The molecule has 13 heavy (non-hydrogen) atoms. The Hall–Kier alpha value is 1.02. The van der Waals surface area contributed by atoms with Crippen LogP contribution in [0.15, 0.2) is 0 Å². The van der Waals surface area contributed by atoms with Crippen LogP contribution in [0.4, 0.5) is 0 Å². The first-order valence-corrected chi connectivity index (χ1v) is 4.79. The third-order valence-corrected chi connectivity index (χ3v) is 2.35. The van der Waals surface area contributed by atoms with Crippen LogP contribution in [0.25, 0.3) is 0 Å². The van der Waals surface area contributed by atoms with Crippen molar-refractivity contribution in [3.8, 4) is 0 Å². The number of carbonyl (C=O) groups is 1. The van der Waals surface area contributed by atoms with Crippen molar-refractivity contribution in [2.75, 3.05) is 12.9 Å². The summed E-state index contributed by atoms with van der Waals surface area (Å²) in [5.74, 6) is -1.45. The molecule has 7 heteroatoms. The fraction of sp³-hybridized carbons (Fsp3) is 0.833. The Morgan fingerprint density at radius 3 is 2.08 bits per heavy atom. The molecular formula is C6H11KO5S. The zero-order valence-electron chi connectivity index (χ0n) is 8.16. The van der Waals surface area contributed by atoms with Crippen LogP contribution in [-0.2, 0) is 19.6 Å². The number of hydrogen-bond donors (Lipinski definition) is 0. The van der Waals surface area contributed by atoms with E-state index in [1.807, 2.05) is 0 Å². The Balaban J connectivity index is 0. The molecule has 0 N–H and O–H groups in total. The van der Waals surface area contributed by atoms with Gasteiger partial charge < -0.3 is 9.29 Å². The van der Waals surface area contributed by atoms with E-state index < -0.39 is 27.3 Å². The minimum atomic E-state index is -4.39. The Kier molecular flexibility index (Phi) is 7.33. The van der Waals surface area contributed by atoms with Crippen molar-refractivity contribution >= 4 is 16.1 Å². The number of methoxy groups -OCH3 is 1. The normalized spacial score (nSPS) is 11.7. The summed E-state index contributed by atoms with van der Waals surface area (Å²) in [6, 6.07) is 0. The van der Waals surface area contributed by atoms with Crippen LogP contribution in [0.1, 0.15) is 13.8 Å². The Bertz CT molecular complexity index is 269. The number of ether oxygens (including phenoxy) is 1. The molecule has 0 aromatic heterocycles. The van der Waals surface area contributed by atoms with Crippen molar-refractivity contribution in [1.29, 1.82) is 0 Å². The summed E-state index contributed by atoms with van der Waals surface area (Å²) in [4.78, 5) is 10.9. The summed E-state index contributed by atoms with van der Waals surface area (Å²) in [5, 5.41) is 0. The largest absolute Gasteiger partial charge is 1.00 e. The third-order valence-electron chi connectivity index (χ3n) is 1.28. The first-order chi connectivity index (χ1) is 5.19. The first-order valence-electron chi connectivity index (χ1n) is 3.21. The van der Waals surface area contributed by atoms with E-state index in [0.29, 0.717) is 0 Å². The van der Waals surface area contributed by atoms with Gasteiger partial charge in [-0.05, 0) is 13.8 Å². The molecule has 0 heterocycles. The first kappa shape index (κ1) is 16.4. The van der Waals surface area contributed by atoms with E-state index in [0.717, 1.165) is 7.11 Å². The summed E-state index contributed by atoms with van der Waals surface area (Å²) < 4.78 is 35.2. The average Bonchev–Trinajstić information content (AvgIpc) is 1.80. The number of esters is 1. The minimum Gasteiger partial charge on any atom is -0.748 e. The molecule has 0 rings (SSSR count). The summed E-state index contributed by atoms with van der Waals surface area (Å²) in [5.41, 5.74) is -1.27. The van der Waals surface area contributed by atoms with E-state index in [4.69, 9.17) is 0 Å². The second-order valence-electron chi connectivity index (χ2n) is 3.08. The molecule has 0 saturated carbocycles. The van der Waals surface area contributed by atoms with E-state index in [2.05, 4.69) is 4.74 Å². The fourth-order valence-corrected chi connectivity index (χ4v) is 1.78. The molecule has 0 unspecified atom stereocenters. The van der Waals surface area contributed by atoms with Crippen LogP contribution in [-0.4, -0.2) is 31.8 Å². The maximum Gasteiger partial charge on any atom is 1.00 e. The number of hydrogen-bond acceptors (Lipinski definition) is 5. The Labute approximate surface area is 120 Å². The quantitative estimate of drug-likeness (QED) is 0.291. The minimum absolute atomic E-state index is 0. The van der Waals surface area contributed by atoms with E-state index in [-0.39, 0.29) is 51.4 Å².